The second-order valence-electron chi connectivity index (χ2n) is 7.99. The lowest BCUT2D eigenvalue weighted by Crippen LogP contribution is -2.38. The van der Waals surface area contributed by atoms with Crippen LogP contribution in [-0.2, 0) is 14.8 Å². The van der Waals surface area contributed by atoms with Gasteiger partial charge in [-0.05, 0) is 56.4 Å². The van der Waals surface area contributed by atoms with Gasteiger partial charge in [0.05, 0.1) is 23.7 Å². The fourth-order valence-corrected chi connectivity index (χ4v) is 7.34. The summed E-state index contributed by atoms with van der Waals surface area (Å²) in [5.41, 5.74) is 1.87. The number of methoxy groups -OCH3 is 1. The summed E-state index contributed by atoms with van der Waals surface area (Å²) in [6, 6.07) is 1.79. The van der Waals surface area contributed by atoms with E-state index in [0.29, 0.717) is 29.3 Å². The molecule has 4 rings (SSSR count). The second-order valence-corrected chi connectivity index (χ2v) is 9.86. The maximum absolute atomic E-state index is 13.5. The minimum Gasteiger partial charge on any atom is -0.496 e. The number of sulfonamides is 1. The molecule has 0 aromatic heterocycles. The summed E-state index contributed by atoms with van der Waals surface area (Å²) in [5.74, 6) is 0.836. The number of hydrogen-bond donors (Lipinski definition) is 1. The fourth-order valence-electron chi connectivity index (χ4n) is 5.33. The number of aliphatic hydroxyl groups is 1. The molecule has 7 heteroatoms. The van der Waals surface area contributed by atoms with Crippen molar-refractivity contribution in [3.63, 3.8) is 0 Å². The molecule has 4 atom stereocenters. The zero-order valence-electron chi connectivity index (χ0n) is 15.8. The average molecular weight is 381 g/mol. The van der Waals surface area contributed by atoms with Gasteiger partial charge in [0, 0.05) is 31.5 Å². The Bertz CT molecular complexity index is 852. The molecule has 2 bridgehead atoms. The second kappa shape index (κ2) is 5.92. The Hall–Kier alpha value is -1.15. The number of aryl methyl sites for hydroxylation is 1. The standard InChI is InChI=1S/C19H27NO5S/c1-11-7-17(24-4)12(2)13(3)18(11)26(22,23)20-8-15-14(9-21)16-5-6-19(15,10-20)25-16/h7,14-16,21H,5-6,8-10H2,1-4H3/t14-,15+,16+,19+/m0/s1. The molecule has 0 unspecified atom stereocenters. The first-order chi connectivity index (χ1) is 12.2. The van der Waals surface area contributed by atoms with Gasteiger partial charge < -0.3 is 14.6 Å². The van der Waals surface area contributed by atoms with E-state index in [1.54, 1.807) is 17.5 Å². The normalized spacial score (nSPS) is 33.7. The van der Waals surface area contributed by atoms with Crippen molar-refractivity contribution in [2.45, 2.75) is 50.2 Å². The van der Waals surface area contributed by atoms with Crippen molar-refractivity contribution in [3.05, 3.63) is 22.8 Å². The highest BCUT2D eigenvalue weighted by Crippen LogP contribution is 2.55. The number of benzene rings is 1. The molecule has 144 valence electrons. The van der Waals surface area contributed by atoms with E-state index < -0.39 is 15.6 Å². The molecule has 3 fully saturated rings. The Kier molecular flexibility index (Phi) is 4.15. The lowest BCUT2D eigenvalue weighted by Gasteiger charge is -2.27. The molecule has 3 aliphatic rings. The van der Waals surface area contributed by atoms with Gasteiger partial charge in [-0.15, -0.1) is 0 Å². The van der Waals surface area contributed by atoms with E-state index in [0.717, 1.165) is 24.0 Å². The van der Waals surface area contributed by atoms with Crippen LogP contribution in [0.3, 0.4) is 0 Å². The topological polar surface area (TPSA) is 76.1 Å². The summed E-state index contributed by atoms with van der Waals surface area (Å²) >= 11 is 0. The highest BCUT2D eigenvalue weighted by Gasteiger charge is 2.64. The molecule has 1 spiro atoms. The number of nitrogens with zero attached hydrogens (tertiary/aromatic N) is 1. The van der Waals surface area contributed by atoms with Gasteiger partial charge in [-0.25, -0.2) is 8.42 Å². The van der Waals surface area contributed by atoms with Gasteiger partial charge >= 0.3 is 0 Å². The Morgan fingerprint density at radius 3 is 2.73 bits per heavy atom. The lowest BCUT2D eigenvalue weighted by atomic mass is 9.74. The molecule has 0 saturated carbocycles. The SMILES string of the molecule is COc1cc(C)c(S(=O)(=O)N2C[C@@H]3[C@H](CO)[C@H]4CC[C@]3(C2)O4)c(C)c1C. The summed E-state index contributed by atoms with van der Waals surface area (Å²) in [6.07, 6.45) is 1.88. The van der Waals surface area contributed by atoms with Crippen LogP contribution in [0.25, 0.3) is 0 Å². The van der Waals surface area contributed by atoms with Crippen molar-refractivity contribution in [2.24, 2.45) is 11.8 Å². The van der Waals surface area contributed by atoms with Gasteiger partial charge in [0.15, 0.2) is 0 Å². The first-order valence-corrected chi connectivity index (χ1v) is 10.6. The molecule has 0 radical (unpaired) electrons. The van der Waals surface area contributed by atoms with E-state index in [9.17, 15) is 13.5 Å². The van der Waals surface area contributed by atoms with Crippen molar-refractivity contribution in [3.8, 4) is 5.75 Å². The number of hydrogen-bond acceptors (Lipinski definition) is 5. The van der Waals surface area contributed by atoms with Crippen LogP contribution in [0, 0.1) is 32.6 Å². The predicted octanol–water partition coefficient (Wildman–Crippen LogP) is 1.78. The molecule has 1 aromatic carbocycles. The summed E-state index contributed by atoms with van der Waals surface area (Å²) < 4.78 is 40.1. The van der Waals surface area contributed by atoms with Crippen LogP contribution in [0.4, 0.5) is 0 Å². The zero-order chi connectivity index (χ0) is 18.9. The average Bonchev–Trinajstić information content (AvgIpc) is 3.25. The monoisotopic (exact) mass is 381 g/mol. The highest BCUT2D eigenvalue weighted by molar-refractivity contribution is 7.89. The molecular weight excluding hydrogens is 354 g/mol. The third kappa shape index (κ3) is 2.30. The number of fused-ring (bicyclic) bond motifs is 1. The van der Waals surface area contributed by atoms with Crippen molar-refractivity contribution >= 4 is 10.0 Å². The number of rotatable bonds is 4. The molecule has 6 nitrogen and oxygen atoms in total. The van der Waals surface area contributed by atoms with Crippen LogP contribution in [0.15, 0.2) is 11.0 Å². The van der Waals surface area contributed by atoms with Crippen molar-refractivity contribution in [1.29, 1.82) is 0 Å². The van der Waals surface area contributed by atoms with E-state index in [1.807, 2.05) is 20.8 Å². The highest BCUT2D eigenvalue weighted by atomic mass is 32.2. The maximum atomic E-state index is 13.5. The van der Waals surface area contributed by atoms with Gasteiger partial charge in [0.25, 0.3) is 0 Å². The molecule has 1 N–H and O–H groups in total. The van der Waals surface area contributed by atoms with Gasteiger partial charge in [-0.1, -0.05) is 0 Å². The van der Waals surface area contributed by atoms with Gasteiger partial charge in [0.2, 0.25) is 10.0 Å². The minimum absolute atomic E-state index is 0.0451. The van der Waals surface area contributed by atoms with Crippen molar-refractivity contribution < 1.29 is 23.0 Å². The van der Waals surface area contributed by atoms with Gasteiger partial charge in [-0.2, -0.15) is 4.31 Å². The van der Waals surface area contributed by atoms with E-state index >= 15 is 0 Å². The number of aliphatic hydroxyl groups excluding tert-OH is 1. The first kappa shape index (κ1) is 18.2. The third-order valence-electron chi connectivity index (χ3n) is 6.76. The molecular formula is C19H27NO5S. The molecule has 26 heavy (non-hydrogen) atoms. The first-order valence-electron chi connectivity index (χ1n) is 9.19. The summed E-state index contributed by atoms with van der Waals surface area (Å²) in [6.45, 7) is 6.41. The zero-order valence-corrected chi connectivity index (χ0v) is 16.6. The van der Waals surface area contributed by atoms with Crippen LogP contribution in [0.2, 0.25) is 0 Å². The Morgan fingerprint density at radius 2 is 2.08 bits per heavy atom. The molecule has 3 aliphatic heterocycles. The molecule has 1 aromatic rings. The summed E-state index contributed by atoms with van der Waals surface area (Å²) in [5, 5.41) is 9.76. The van der Waals surface area contributed by atoms with Crippen LogP contribution in [0.1, 0.15) is 29.5 Å². The molecule has 0 aliphatic carbocycles. The quantitative estimate of drug-likeness (QED) is 0.860. The van der Waals surface area contributed by atoms with E-state index in [-0.39, 0.29) is 24.5 Å². The van der Waals surface area contributed by atoms with Gasteiger partial charge in [-0.3, -0.25) is 0 Å². The van der Waals surface area contributed by atoms with Gasteiger partial charge in [0.1, 0.15) is 5.75 Å². The summed E-state index contributed by atoms with van der Waals surface area (Å²) in [7, 11) is -2.04. The van der Waals surface area contributed by atoms with Crippen LogP contribution in [-0.4, -0.2) is 56.3 Å². The van der Waals surface area contributed by atoms with Crippen molar-refractivity contribution in [1.82, 2.24) is 4.31 Å². The number of ether oxygens (including phenoxy) is 2. The lowest BCUT2D eigenvalue weighted by molar-refractivity contribution is 0.00643. The Labute approximate surface area is 155 Å². The van der Waals surface area contributed by atoms with Crippen LogP contribution in [0.5, 0.6) is 5.75 Å². The van der Waals surface area contributed by atoms with Crippen LogP contribution >= 0.6 is 0 Å². The van der Waals surface area contributed by atoms with E-state index in [2.05, 4.69) is 0 Å². The minimum atomic E-state index is -3.63. The summed E-state index contributed by atoms with van der Waals surface area (Å²) in [4.78, 5) is 0.377. The largest absolute Gasteiger partial charge is 0.496 e. The smallest absolute Gasteiger partial charge is 0.243 e. The van der Waals surface area contributed by atoms with Crippen molar-refractivity contribution in [2.75, 3.05) is 26.8 Å². The van der Waals surface area contributed by atoms with E-state index in [1.165, 1.54) is 0 Å². The Morgan fingerprint density at radius 1 is 1.35 bits per heavy atom. The van der Waals surface area contributed by atoms with E-state index in [4.69, 9.17) is 9.47 Å². The molecule has 0 amide bonds. The fraction of sp³-hybridized carbons (Fsp3) is 0.684. The van der Waals surface area contributed by atoms with Crippen LogP contribution < -0.4 is 4.74 Å². The predicted molar refractivity (Wildman–Crippen MR) is 96.9 cm³/mol. The third-order valence-corrected chi connectivity index (χ3v) is 8.86. The molecule has 3 saturated heterocycles. The molecule has 3 heterocycles. The Balaban J connectivity index is 1.73. The maximum Gasteiger partial charge on any atom is 0.243 e.